The molecule has 0 atom stereocenters. The lowest BCUT2D eigenvalue weighted by molar-refractivity contribution is -0.383. The van der Waals surface area contributed by atoms with E-state index in [-0.39, 0.29) is 11.5 Å². The van der Waals surface area contributed by atoms with E-state index in [1.807, 2.05) is 4.90 Å². The van der Waals surface area contributed by atoms with E-state index in [0.717, 1.165) is 0 Å². The summed E-state index contributed by atoms with van der Waals surface area (Å²) in [6.45, 7) is 2.14. The minimum Gasteiger partial charge on any atom is -0.497 e. The molecule has 0 aliphatic carbocycles. The van der Waals surface area contributed by atoms with Gasteiger partial charge in [-0.1, -0.05) is 0 Å². The molecule has 1 N–H and O–H groups in total. The first-order valence-electron chi connectivity index (χ1n) is 7.42. The Labute approximate surface area is 138 Å². The van der Waals surface area contributed by atoms with Gasteiger partial charge in [-0.2, -0.15) is 0 Å². The quantitative estimate of drug-likeness (QED) is 0.655. The molecular weight excluding hydrogens is 314 g/mol. The Balaban J connectivity index is 1.92. The fourth-order valence-electron chi connectivity index (χ4n) is 2.45. The van der Waals surface area contributed by atoms with Crippen molar-refractivity contribution in [2.24, 2.45) is 0 Å². The fraction of sp³-hybridized carbons (Fsp3) is 0.333. The molecular formula is C15H17N5O4. The lowest BCUT2D eigenvalue weighted by Crippen LogP contribution is -2.37. The summed E-state index contributed by atoms with van der Waals surface area (Å²) in [5.41, 5.74) is 0.528. The van der Waals surface area contributed by atoms with Crippen LogP contribution in [0, 0.1) is 10.1 Å². The Kier molecular flexibility index (Phi) is 4.71. The van der Waals surface area contributed by atoms with Crippen LogP contribution in [0.5, 0.6) is 5.75 Å². The van der Waals surface area contributed by atoms with Gasteiger partial charge in [0, 0.05) is 18.8 Å². The molecule has 0 unspecified atom stereocenters. The van der Waals surface area contributed by atoms with Gasteiger partial charge in [-0.25, -0.2) is 9.97 Å². The highest BCUT2D eigenvalue weighted by Crippen LogP contribution is 2.34. The second-order valence-corrected chi connectivity index (χ2v) is 5.10. The van der Waals surface area contributed by atoms with Crippen LogP contribution in [-0.4, -0.2) is 48.3 Å². The van der Waals surface area contributed by atoms with E-state index in [1.165, 1.54) is 6.33 Å². The molecule has 1 fully saturated rings. The van der Waals surface area contributed by atoms with Crippen molar-refractivity contribution in [1.29, 1.82) is 0 Å². The van der Waals surface area contributed by atoms with E-state index in [9.17, 15) is 10.1 Å². The van der Waals surface area contributed by atoms with Crippen LogP contribution in [0.2, 0.25) is 0 Å². The number of morpholine rings is 1. The maximum Gasteiger partial charge on any atom is 0.353 e. The third-order valence-corrected chi connectivity index (χ3v) is 3.65. The largest absolute Gasteiger partial charge is 0.497 e. The molecule has 3 rings (SSSR count). The lowest BCUT2D eigenvalue weighted by Gasteiger charge is -2.27. The number of rotatable bonds is 5. The van der Waals surface area contributed by atoms with Crippen LogP contribution in [-0.2, 0) is 4.74 Å². The molecule has 0 saturated carbocycles. The molecule has 0 spiro atoms. The van der Waals surface area contributed by atoms with Crippen molar-refractivity contribution in [3.05, 3.63) is 40.7 Å². The van der Waals surface area contributed by atoms with Crippen LogP contribution in [0.15, 0.2) is 30.6 Å². The van der Waals surface area contributed by atoms with Crippen molar-refractivity contribution in [2.75, 3.05) is 43.6 Å². The average molecular weight is 331 g/mol. The van der Waals surface area contributed by atoms with Gasteiger partial charge < -0.3 is 19.7 Å². The second-order valence-electron chi connectivity index (χ2n) is 5.10. The van der Waals surface area contributed by atoms with Gasteiger partial charge in [-0.15, -0.1) is 0 Å². The molecule has 126 valence electrons. The number of hydrogen-bond acceptors (Lipinski definition) is 8. The standard InChI is InChI=1S/C15H17N5O4/c1-23-12-4-2-11(3-5-12)18-14-13(20(21)22)15(17-10-16-14)19-6-8-24-9-7-19/h2-5,10H,6-9H2,1H3,(H,16,17,18). The van der Waals surface area contributed by atoms with E-state index in [1.54, 1.807) is 31.4 Å². The molecule has 1 aromatic carbocycles. The first kappa shape index (κ1) is 15.9. The summed E-state index contributed by atoms with van der Waals surface area (Å²) in [5, 5.41) is 14.6. The summed E-state index contributed by atoms with van der Waals surface area (Å²) < 4.78 is 10.4. The Morgan fingerprint density at radius 3 is 2.58 bits per heavy atom. The number of nitrogens with one attached hydrogen (secondary N) is 1. The van der Waals surface area contributed by atoms with Crippen LogP contribution in [0.4, 0.5) is 23.0 Å². The van der Waals surface area contributed by atoms with Crippen molar-refractivity contribution in [3.63, 3.8) is 0 Å². The number of methoxy groups -OCH3 is 1. The molecule has 1 aliphatic rings. The summed E-state index contributed by atoms with van der Waals surface area (Å²) in [4.78, 5) is 21.1. The highest BCUT2D eigenvalue weighted by Gasteiger charge is 2.28. The van der Waals surface area contributed by atoms with Crippen molar-refractivity contribution in [3.8, 4) is 5.75 Å². The Hall–Kier alpha value is -2.94. The van der Waals surface area contributed by atoms with E-state index in [0.29, 0.717) is 43.6 Å². The molecule has 0 amide bonds. The number of aromatic nitrogens is 2. The Morgan fingerprint density at radius 2 is 1.96 bits per heavy atom. The average Bonchev–Trinajstić information content (AvgIpc) is 2.62. The number of benzene rings is 1. The van der Waals surface area contributed by atoms with Crippen LogP contribution >= 0.6 is 0 Å². The first-order chi connectivity index (χ1) is 11.7. The summed E-state index contributed by atoms with van der Waals surface area (Å²) in [7, 11) is 1.58. The van der Waals surface area contributed by atoms with Gasteiger partial charge in [0.1, 0.15) is 12.1 Å². The molecule has 2 heterocycles. The Morgan fingerprint density at radius 1 is 1.25 bits per heavy atom. The minimum absolute atomic E-state index is 0.143. The molecule has 9 heteroatoms. The highest BCUT2D eigenvalue weighted by molar-refractivity contribution is 5.74. The van der Waals surface area contributed by atoms with Crippen molar-refractivity contribution < 1.29 is 14.4 Å². The van der Waals surface area contributed by atoms with Crippen molar-refractivity contribution >= 4 is 23.0 Å². The van der Waals surface area contributed by atoms with Gasteiger partial charge in [-0.05, 0) is 24.3 Å². The van der Waals surface area contributed by atoms with E-state index < -0.39 is 4.92 Å². The number of nitrogens with zero attached hydrogens (tertiary/aromatic N) is 4. The second kappa shape index (κ2) is 7.09. The zero-order valence-corrected chi connectivity index (χ0v) is 13.1. The monoisotopic (exact) mass is 331 g/mol. The number of ether oxygens (including phenoxy) is 2. The summed E-state index contributed by atoms with van der Waals surface area (Å²) in [6.07, 6.45) is 1.32. The van der Waals surface area contributed by atoms with E-state index >= 15 is 0 Å². The van der Waals surface area contributed by atoms with Gasteiger partial charge in [0.2, 0.25) is 11.6 Å². The number of anilines is 3. The SMILES string of the molecule is COc1ccc(Nc2ncnc(N3CCOCC3)c2[N+](=O)[O-])cc1. The van der Waals surface area contributed by atoms with Crippen molar-refractivity contribution in [2.45, 2.75) is 0 Å². The highest BCUT2D eigenvalue weighted by atomic mass is 16.6. The zero-order valence-electron chi connectivity index (χ0n) is 13.1. The van der Waals surface area contributed by atoms with Gasteiger partial charge in [0.05, 0.1) is 25.2 Å². The maximum atomic E-state index is 11.6. The maximum absolute atomic E-state index is 11.6. The smallest absolute Gasteiger partial charge is 0.353 e. The van der Waals surface area contributed by atoms with Gasteiger partial charge in [-0.3, -0.25) is 10.1 Å². The Bertz CT molecular complexity index is 716. The molecule has 1 saturated heterocycles. The first-order valence-corrected chi connectivity index (χ1v) is 7.42. The summed E-state index contributed by atoms with van der Waals surface area (Å²) in [5.74, 6) is 1.16. The van der Waals surface area contributed by atoms with E-state index in [2.05, 4.69) is 15.3 Å². The van der Waals surface area contributed by atoms with Crippen LogP contribution in [0.1, 0.15) is 0 Å². The van der Waals surface area contributed by atoms with Crippen LogP contribution in [0.25, 0.3) is 0 Å². The minimum atomic E-state index is -0.462. The lowest BCUT2D eigenvalue weighted by atomic mass is 10.3. The molecule has 0 radical (unpaired) electrons. The van der Waals surface area contributed by atoms with Gasteiger partial charge in [0.15, 0.2) is 0 Å². The topological polar surface area (TPSA) is 103 Å². The predicted octanol–water partition coefficient (Wildman–Crippen LogP) is 1.97. The summed E-state index contributed by atoms with van der Waals surface area (Å²) >= 11 is 0. The number of hydrogen-bond donors (Lipinski definition) is 1. The number of nitro groups is 1. The normalized spacial score (nSPS) is 14.3. The van der Waals surface area contributed by atoms with E-state index in [4.69, 9.17) is 9.47 Å². The van der Waals surface area contributed by atoms with Gasteiger partial charge in [0.25, 0.3) is 0 Å². The zero-order chi connectivity index (χ0) is 16.9. The van der Waals surface area contributed by atoms with Crippen molar-refractivity contribution in [1.82, 2.24) is 9.97 Å². The van der Waals surface area contributed by atoms with Crippen LogP contribution in [0.3, 0.4) is 0 Å². The molecule has 1 aromatic heterocycles. The fourth-order valence-corrected chi connectivity index (χ4v) is 2.45. The third-order valence-electron chi connectivity index (χ3n) is 3.65. The molecule has 24 heavy (non-hydrogen) atoms. The molecule has 2 aromatic rings. The molecule has 9 nitrogen and oxygen atoms in total. The van der Waals surface area contributed by atoms with Gasteiger partial charge >= 0.3 is 5.69 Å². The molecule has 0 bridgehead atoms. The summed E-state index contributed by atoms with van der Waals surface area (Å²) in [6, 6.07) is 7.05. The predicted molar refractivity (Wildman–Crippen MR) is 88.0 cm³/mol. The third kappa shape index (κ3) is 3.35. The molecule has 1 aliphatic heterocycles. The van der Waals surface area contributed by atoms with Crippen LogP contribution < -0.4 is 15.0 Å².